The molecule has 1 heterocycles. The molecule has 0 saturated heterocycles. The van der Waals surface area contributed by atoms with Crippen LogP contribution in [0.1, 0.15) is 29.6 Å². The van der Waals surface area contributed by atoms with Crippen molar-refractivity contribution in [1.29, 1.82) is 0 Å². The highest BCUT2D eigenvalue weighted by atomic mass is 32.2. The Hall–Kier alpha value is -3.21. The van der Waals surface area contributed by atoms with E-state index >= 15 is 0 Å². The van der Waals surface area contributed by atoms with E-state index in [0.29, 0.717) is 17.2 Å². The summed E-state index contributed by atoms with van der Waals surface area (Å²) < 4.78 is 49.2. The summed E-state index contributed by atoms with van der Waals surface area (Å²) in [5.41, 5.74) is 4.58. The Morgan fingerprint density at radius 3 is 2.39 bits per heavy atom. The second kappa shape index (κ2) is 7.68. The number of sulfonamides is 2. The van der Waals surface area contributed by atoms with Crippen LogP contribution in [0.4, 0.5) is 5.69 Å². The van der Waals surface area contributed by atoms with Crippen LogP contribution in [0.3, 0.4) is 0 Å². The molecule has 1 saturated carbocycles. The van der Waals surface area contributed by atoms with Crippen molar-refractivity contribution in [3.05, 3.63) is 78.1 Å². The quantitative estimate of drug-likeness (QED) is 0.386. The lowest BCUT2D eigenvalue weighted by Crippen LogP contribution is -2.13. The number of primary sulfonamides is 1. The number of nitrogens with one attached hydrogen (secondary N) is 2. The normalized spacial score (nSPS) is 18.4. The summed E-state index contributed by atoms with van der Waals surface area (Å²) in [6.07, 6.45) is 2.07. The van der Waals surface area contributed by atoms with E-state index < -0.39 is 20.0 Å². The molecule has 0 radical (unpaired) electrons. The standard InChI is InChI=1S/C23H22N4O4S2/c1-32(28,29)27-16-9-6-14(7-10-16)18-13-19(18)23-25-20-11-8-15(12-21(20)26-23)17-4-2-3-5-22(17)33(24,30)31/h2-12,18-19,27H,13H2,1H3,(H,25,26)(H2,24,30,31). The first-order chi connectivity index (χ1) is 15.6. The van der Waals surface area contributed by atoms with Gasteiger partial charge in [0.15, 0.2) is 0 Å². The lowest BCUT2D eigenvalue weighted by Gasteiger charge is -2.07. The molecule has 0 bridgehead atoms. The molecule has 0 amide bonds. The number of hydrogen-bond donors (Lipinski definition) is 3. The van der Waals surface area contributed by atoms with E-state index in [1.165, 1.54) is 6.07 Å². The van der Waals surface area contributed by atoms with E-state index in [4.69, 9.17) is 10.1 Å². The number of imidazole rings is 1. The number of aromatic amines is 1. The molecule has 1 fully saturated rings. The maximum absolute atomic E-state index is 12.0. The van der Waals surface area contributed by atoms with Crippen molar-refractivity contribution >= 4 is 36.8 Å². The fraction of sp³-hybridized carbons (Fsp3) is 0.174. The molecular weight excluding hydrogens is 460 g/mol. The molecule has 5 rings (SSSR count). The van der Waals surface area contributed by atoms with Gasteiger partial charge in [0, 0.05) is 17.2 Å². The van der Waals surface area contributed by atoms with Gasteiger partial charge in [0.05, 0.1) is 22.2 Å². The molecular formula is C23H22N4O4S2. The van der Waals surface area contributed by atoms with Crippen LogP contribution in [0.2, 0.25) is 0 Å². The number of fused-ring (bicyclic) bond motifs is 1. The summed E-state index contributed by atoms with van der Waals surface area (Å²) in [7, 11) is -7.15. The third-order valence-corrected chi connectivity index (χ3v) is 7.36. The average molecular weight is 483 g/mol. The SMILES string of the molecule is CS(=O)(=O)Nc1ccc(C2CC2c2nc3ccc(-c4ccccc4S(N)(=O)=O)cc3[nH]2)cc1. The zero-order valence-electron chi connectivity index (χ0n) is 17.7. The van der Waals surface area contributed by atoms with Gasteiger partial charge >= 0.3 is 0 Å². The monoisotopic (exact) mass is 482 g/mol. The van der Waals surface area contributed by atoms with Crippen molar-refractivity contribution in [1.82, 2.24) is 9.97 Å². The predicted molar refractivity (Wildman–Crippen MR) is 128 cm³/mol. The van der Waals surface area contributed by atoms with Gasteiger partial charge in [-0.05, 0) is 53.8 Å². The molecule has 4 aromatic rings. The number of benzene rings is 3. The van der Waals surface area contributed by atoms with Gasteiger partial charge in [0.25, 0.3) is 0 Å². The summed E-state index contributed by atoms with van der Waals surface area (Å²) >= 11 is 0. The molecule has 2 unspecified atom stereocenters. The molecule has 1 aliphatic carbocycles. The highest BCUT2D eigenvalue weighted by molar-refractivity contribution is 7.92. The zero-order chi connectivity index (χ0) is 23.4. The summed E-state index contributed by atoms with van der Waals surface area (Å²) in [4.78, 5) is 8.20. The Bertz CT molecular complexity index is 1580. The van der Waals surface area contributed by atoms with E-state index in [1.807, 2.05) is 30.3 Å². The minimum absolute atomic E-state index is 0.0835. The maximum atomic E-state index is 12.0. The second-order valence-electron chi connectivity index (χ2n) is 8.34. The Kier molecular flexibility index (Phi) is 5.04. The van der Waals surface area contributed by atoms with Crippen LogP contribution in [0, 0.1) is 0 Å². The first-order valence-electron chi connectivity index (χ1n) is 10.3. The molecule has 33 heavy (non-hydrogen) atoms. The molecule has 8 nitrogen and oxygen atoms in total. The molecule has 4 N–H and O–H groups in total. The zero-order valence-corrected chi connectivity index (χ0v) is 19.3. The molecule has 0 spiro atoms. The van der Waals surface area contributed by atoms with Crippen LogP contribution < -0.4 is 9.86 Å². The van der Waals surface area contributed by atoms with E-state index in [1.54, 1.807) is 30.3 Å². The summed E-state index contributed by atoms with van der Waals surface area (Å²) in [6.45, 7) is 0. The summed E-state index contributed by atoms with van der Waals surface area (Å²) in [6, 6.07) is 19.6. The lowest BCUT2D eigenvalue weighted by atomic mass is 10.1. The number of nitrogens with two attached hydrogens (primary N) is 1. The Morgan fingerprint density at radius 2 is 1.70 bits per heavy atom. The fourth-order valence-electron chi connectivity index (χ4n) is 4.20. The summed E-state index contributed by atoms with van der Waals surface area (Å²) in [5.74, 6) is 1.43. The number of rotatable bonds is 6. The molecule has 1 aliphatic rings. The fourth-order valence-corrected chi connectivity index (χ4v) is 5.53. The molecule has 3 aromatic carbocycles. The molecule has 10 heteroatoms. The Labute approximate surface area is 192 Å². The van der Waals surface area contributed by atoms with Gasteiger partial charge in [0.1, 0.15) is 5.82 Å². The van der Waals surface area contributed by atoms with Crippen molar-refractivity contribution in [2.24, 2.45) is 5.14 Å². The molecule has 170 valence electrons. The molecule has 2 atom stereocenters. The van der Waals surface area contributed by atoms with E-state index in [2.05, 4.69) is 9.71 Å². The van der Waals surface area contributed by atoms with E-state index in [9.17, 15) is 16.8 Å². The highest BCUT2D eigenvalue weighted by Gasteiger charge is 2.41. The third-order valence-electron chi connectivity index (χ3n) is 5.79. The van der Waals surface area contributed by atoms with Crippen LogP contribution in [-0.4, -0.2) is 33.1 Å². The van der Waals surface area contributed by atoms with Crippen molar-refractivity contribution < 1.29 is 16.8 Å². The van der Waals surface area contributed by atoms with Gasteiger partial charge in [-0.1, -0.05) is 36.4 Å². The van der Waals surface area contributed by atoms with Crippen LogP contribution in [0.15, 0.2) is 71.6 Å². The van der Waals surface area contributed by atoms with Crippen LogP contribution >= 0.6 is 0 Å². The summed E-state index contributed by atoms with van der Waals surface area (Å²) in [5, 5.41) is 5.39. The Morgan fingerprint density at radius 1 is 0.970 bits per heavy atom. The van der Waals surface area contributed by atoms with Crippen LogP contribution in [0.25, 0.3) is 22.2 Å². The number of aromatic nitrogens is 2. The predicted octanol–water partition coefficient (Wildman–Crippen LogP) is 3.52. The smallest absolute Gasteiger partial charge is 0.238 e. The number of H-pyrrole nitrogens is 1. The van der Waals surface area contributed by atoms with Gasteiger partial charge in [0.2, 0.25) is 20.0 Å². The lowest BCUT2D eigenvalue weighted by molar-refractivity contribution is 0.597. The van der Waals surface area contributed by atoms with Gasteiger partial charge in [-0.15, -0.1) is 0 Å². The largest absolute Gasteiger partial charge is 0.342 e. The third kappa shape index (κ3) is 4.50. The van der Waals surface area contributed by atoms with E-state index in [0.717, 1.165) is 40.7 Å². The minimum Gasteiger partial charge on any atom is -0.342 e. The van der Waals surface area contributed by atoms with Crippen LogP contribution in [-0.2, 0) is 20.0 Å². The maximum Gasteiger partial charge on any atom is 0.238 e. The number of nitrogens with zero attached hydrogens (tertiary/aromatic N) is 1. The van der Waals surface area contributed by atoms with E-state index in [-0.39, 0.29) is 10.8 Å². The number of hydrogen-bond acceptors (Lipinski definition) is 5. The van der Waals surface area contributed by atoms with Gasteiger partial charge in [-0.25, -0.2) is 27.0 Å². The van der Waals surface area contributed by atoms with Gasteiger partial charge < -0.3 is 4.98 Å². The van der Waals surface area contributed by atoms with Crippen molar-refractivity contribution in [2.45, 2.75) is 23.2 Å². The minimum atomic E-state index is -3.85. The first-order valence-corrected chi connectivity index (χ1v) is 13.7. The average Bonchev–Trinajstić information content (AvgIpc) is 3.43. The molecule has 1 aromatic heterocycles. The van der Waals surface area contributed by atoms with Crippen LogP contribution in [0.5, 0.6) is 0 Å². The van der Waals surface area contributed by atoms with Gasteiger partial charge in [-0.2, -0.15) is 0 Å². The number of anilines is 1. The highest BCUT2D eigenvalue weighted by Crippen LogP contribution is 2.54. The van der Waals surface area contributed by atoms with Gasteiger partial charge in [-0.3, -0.25) is 4.72 Å². The second-order valence-corrected chi connectivity index (χ2v) is 11.6. The van der Waals surface area contributed by atoms with Crippen molar-refractivity contribution in [3.63, 3.8) is 0 Å². The van der Waals surface area contributed by atoms with Crippen molar-refractivity contribution in [3.8, 4) is 11.1 Å². The topological polar surface area (TPSA) is 135 Å². The Balaban J connectivity index is 1.40. The molecule has 0 aliphatic heterocycles. The first kappa shape index (κ1) is 21.6. The van der Waals surface area contributed by atoms with Crippen molar-refractivity contribution in [2.75, 3.05) is 11.0 Å².